The average molecular weight is 260 g/mol. The molecule has 1 aromatic heterocycles. The third-order valence-corrected chi connectivity index (χ3v) is 3.93. The van der Waals surface area contributed by atoms with Gasteiger partial charge in [-0.3, -0.25) is 4.79 Å². The number of carbonyl (C=O) groups is 1. The van der Waals surface area contributed by atoms with Crippen LogP contribution in [0.5, 0.6) is 0 Å². The molecule has 0 aliphatic heterocycles. The number of thiophene rings is 1. The standard InChI is InChI=1S/C15H16O2S/c1-10(2)14(15(16)17)12-7-5-11(6-8-12)13-4-3-9-18-13/h3-10,14H,1-2H3,(H,16,17). The molecular formula is C15H16O2S. The molecule has 94 valence electrons. The molecule has 0 fully saturated rings. The zero-order valence-electron chi connectivity index (χ0n) is 10.5. The van der Waals surface area contributed by atoms with Crippen molar-refractivity contribution in [3.8, 4) is 10.4 Å². The van der Waals surface area contributed by atoms with E-state index in [1.807, 2.05) is 49.6 Å². The van der Waals surface area contributed by atoms with Gasteiger partial charge in [0.15, 0.2) is 0 Å². The average Bonchev–Trinajstić information content (AvgIpc) is 2.82. The van der Waals surface area contributed by atoms with Gasteiger partial charge in [0, 0.05) is 4.88 Å². The van der Waals surface area contributed by atoms with Gasteiger partial charge in [-0.05, 0) is 28.5 Å². The first-order valence-electron chi connectivity index (χ1n) is 5.96. The first-order chi connectivity index (χ1) is 8.59. The normalized spacial score (nSPS) is 12.6. The van der Waals surface area contributed by atoms with Crippen LogP contribution in [0.2, 0.25) is 0 Å². The van der Waals surface area contributed by atoms with Crippen LogP contribution in [-0.2, 0) is 4.79 Å². The van der Waals surface area contributed by atoms with E-state index < -0.39 is 11.9 Å². The number of carboxylic acids is 1. The van der Waals surface area contributed by atoms with Crippen LogP contribution in [0.15, 0.2) is 41.8 Å². The van der Waals surface area contributed by atoms with E-state index in [1.165, 1.54) is 4.88 Å². The van der Waals surface area contributed by atoms with E-state index in [0.717, 1.165) is 11.1 Å². The predicted octanol–water partition coefficient (Wildman–Crippen LogP) is 4.24. The van der Waals surface area contributed by atoms with Gasteiger partial charge in [-0.15, -0.1) is 11.3 Å². The fraction of sp³-hybridized carbons (Fsp3) is 0.267. The van der Waals surface area contributed by atoms with Crippen molar-refractivity contribution in [3.63, 3.8) is 0 Å². The summed E-state index contributed by atoms with van der Waals surface area (Å²) in [4.78, 5) is 12.5. The predicted molar refractivity (Wildman–Crippen MR) is 75.0 cm³/mol. The Hall–Kier alpha value is -1.61. The van der Waals surface area contributed by atoms with E-state index in [2.05, 4.69) is 6.07 Å². The van der Waals surface area contributed by atoms with Gasteiger partial charge in [0.25, 0.3) is 0 Å². The number of aliphatic carboxylic acids is 1. The molecule has 1 heterocycles. The smallest absolute Gasteiger partial charge is 0.311 e. The molecule has 0 spiro atoms. The summed E-state index contributed by atoms with van der Waals surface area (Å²) in [6.07, 6.45) is 0. The Kier molecular flexibility index (Phi) is 3.82. The highest BCUT2D eigenvalue weighted by Gasteiger charge is 2.23. The summed E-state index contributed by atoms with van der Waals surface area (Å²) in [5.41, 5.74) is 2.01. The Labute approximate surface area is 111 Å². The lowest BCUT2D eigenvalue weighted by atomic mass is 9.88. The molecule has 1 aromatic carbocycles. The van der Waals surface area contributed by atoms with E-state index in [9.17, 15) is 9.90 Å². The second kappa shape index (κ2) is 5.36. The minimum atomic E-state index is -0.756. The molecule has 0 amide bonds. The lowest BCUT2D eigenvalue weighted by Crippen LogP contribution is -2.17. The summed E-state index contributed by atoms with van der Waals surface area (Å²) in [7, 11) is 0. The van der Waals surface area contributed by atoms with E-state index >= 15 is 0 Å². The molecule has 0 bridgehead atoms. The van der Waals surface area contributed by atoms with Crippen molar-refractivity contribution >= 4 is 17.3 Å². The van der Waals surface area contributed by atoms with E-state index in [0.29, 0.717) is 0 Å². The van der Waals surface area contributed by atoms with Gasteiger partial charge in [0.1, 0.15) is 0 Å². The molecule has 0 saturated heterocycles. The van der Waals surface area contributed by atoms with Crippen LogP contribution in [0, 0.1) is 5.92 Å². The summed E-state index contributed by atoms with van der Waals surface area (Å²) in [5.74, 6) is -1.09. The molecule has 18 heavy (non-hydrogen) atoms. The number of hydrogen-bond acceptors (Lipinski definition) is 2. The molecule has 0 saturated carbocycles. The van der Waals surface area contributed by atoms with Crippen molar-refractivity contribution in [2.75, 3.05) is 0 Å². The molecule has 0 aliphatic rings. The summed E-state index contributed by atoms with van der Waals surface area (Å²) < 4.78 is 0. The Morgan fingerprint density at radius 1 is 1.17 bits per heavy atom. The first kappa shape index (κ1) is 12.8. The van der Waals surface area contributed by atoms with Crippen molar-refractivity contribution in [2.45, 2.75) is 19.8 Å². The van der Waals surface area contributed by atoms with Crippen LogP contribution < -0.4 is 0 Å². The number of carboxylic acid groups (broad SMARTS) is 1. The fourth-order valence-electron chi connectivity index (χ4n) is 2.11. The van der Waals surface area contributed by atoms with Crippen molar-refractivity contribution in [1.29, 1.82) is 0 Å². The number of benzene rings is 1. The van der Waals surface area contributed by atoms with Crippen LogP contribution in [0.25, 0.3) is 10.4 Å². The molecule has 3 heteroatoms. The van der Waals surface area contributed by atoms with Crippen molar-refractivity contribution in [1.82, 2.24) is 0 Å². The number of rotatable bonds is 4. The summed E-state index contributed by atoms with van der Waals surface area (Å²) in [6.45, 7) is 3.87. The van der Waals surface area contributed by atoms with Crippen LogP contribution in [0.4, 0.5) is 0 Å². The minimum absolute atomic E-state index is 0.0927. The van der Waals surface area contributed by atoms with Crippen molar-refractivity contribution < 1.29 is 9.90 Å². The van der Waals surface area contributed by atoms with Gasteiger partial charge >= 0.3 is 5.97 Å². The maximum atomic E-state index is 11.3. The van der Waals surface area contributed by atoms with Crippen LogP contribution in [-0.4, -0.2) is 11.1 Å². The lowest BCUT2D eigenvalue weighted by Gasteiger charge is -2.16. The SMILES string of the molecule is CC(C)C(C(=O)O)c1ccc(-c2cccs2)cc1. The minimum Gasteiger partial charge on any atom is -0.481 e. The van der Waals surface area contributed by atoms with Gasteiger partial charge in [-0.25, -0.2) is 0 Å². The van der Waals surface area contributed by atoms with Gasteiger partial charge < -0.3 is 5.11 Å². The Morgan fingerprint density at radius 2 is 1.83 bits per heavy atom. The Morgan fingerprint density at radius 3 is 2.28 bits per heavy atom. The third kappa shape index (κ3) is 2.62. The topological polar surface area (TPSA) is 37.3 Å². The van der Waals surface area contributed by atoms with Gasteiger partial charge in [0.05, 0.1) is 5.92 Å². The molecule has 1 atom stereocenters. The highest BCUT2D eigenvalue weighted by Crippen LogP contribution is 2.29. The molecular weight excluding hydrogens is 244 g/mol. The molecule has 0 radical (unpaired) electrons. The van der Waals surface area contributed by atoms with E-state index in [1.54, 1.807) is 11.3 Å². The molecule has 2 rings (SSSR count). The summed E-state index contributed by atoms with van der Waals surface area (Å²) in [6, 6.07) is 11.9. The Bertz CT molecular complexity index is 512. The molecule has 1 unspecified atom stereocenters. The largest absolute Gasteiger partial charge is 0.481 e. The van der Waals surface area contributed by atoms with Crippen molar-refractivity contribution in [2.24, 2.45) is 5.92 Å². The first-order valence-corrected chi connectivity index (χ1v) is 6.84. The summed E-state index contributed by atoms with van der Waals surface area (Å²) in [5, 5.41) is 11.3. The maximum absolute atomic E-state index is 11.3. The third-order valence-electron chi connectivity index (χ3n) is 3.01. The monoisotopic (exact) mass is 260 g/mol. The zero-order chi connectivity index (χ0) is 13.1. The second-order valence-electron chi connectivity index (χ2n) is 4.66. The molecule has 0 aliphatic carbocycles. The summed E-state index contributed by atoms with van der Waals surface area (Å²) >= 11 is 1.69. The van der Waals surface area contributed by atoms with Gasteiger partial charge in [0.2, 0.25) is 0 Å². The van der Waals surface area contributed by atoms with Gasteiger partial charge in [-0.2, -0.15) is 0 Å². The lowest BCUT2D eigenvalue weighted by molar-refractivity contribution is -0.139. The number of hydrogen-bond donors (Lipinski definition) is 1. The molecule has 1 N–H and O–H groups in total. The highest BCUT2D eigenvalue weighted by atomic mass is 32.1. The van der Waals surface area contributed by atoms with Crippen LogP contribution >= 0.6 is 11.3 Å². The van der Waals surface area contributed by atoms with Gasteiger partial charge in [-0.1, -0.05) is 44.2 Å². The van der Waals surface area contributed by atoms with Crippen molar-refractivity contribution in [3.05, 3.63) is 47.3 Å². The highest BCUT2D eigenvalue weighted by molar-refractivity contribution is 7.13. The fourth-order valence-corrected chi connectivity index (χ4v) is 2.84. The quantitative estimate of drug-likeness (QED) is 0.892. The molecule has 2 aromatic rings. The van der Waals surface area contributed by atoms with E-state index in [-0.39, 0.29) is 5.92 Å². The maximum Gasteiger partial charge on any atom is 0.311 e. The van der Waals surface area contributed by atoms with Crippen LogP contribution in [0.3, 0.4) is 0 Å². The Balaban J connectivity index is 2.29. The second-order valence-corrected chi connectivity index (χ2v) is 5.61. The van der Waals surface area contributed by atoms with Crippen LogP contribution in [0.1, 0.15) is 25.3 Å². The van der Waals surface area contributed by atoms with E-state index in [4.69, 9.17) is 0 Å². The zero-order valence-corrected chi connectivity index (χ0v) is 11.3. The molecule has 2 nitrogen and oxygen atoms in total.